The Kier molecular flexibility index (Phi) is 6.89. The van der Waals surface area contributed by atoms with Crippen LogP contribution >= 0.6 is 11.3 Å². The van der Waals surface area contributed by atoms with Crippen molar-refractivity contribution >= 4 is 28.9 Å². The maximum atomic E-state index is 12.2. The molecule has 0 saturated carbocycles. The van der Waals surface area contributed by atoms with Crippen molar-refractivity contribution in [3.8, 4) is 0 Å². The molecule has 0 spiro atoms. The van der Waals surface area contributed by atoms with E-state index in [1.54, 1.807) is 6.07 Å². The average molecular weight is 400 g/mol. The number of carbonyl (C=O) groups excluding carboxylic acids is 1. The van der Waals surface area contributed by atoms with Gasteiger partial charge >= 0.3 is 5.97 Å². The number of anilines is 1. The third kappa shape index (κ3) is 4.82. The van der Waals surface area contributed by atoms with Crippen LogP contribution in [0.4, 0.5) is 5.69 Å². The molecule has 0 bridgehead atoms. The molecule has 5 heteroatoms. The third-order valence-electron chi connectivity index (χ3n) is 5.61. The van der Waals surface area contributed by atoms with E-state index in [1.807, 2.05) is 11.0 Å². The number of aromatic carboxylic acids is 1. The minimum atomic E-state index is -0.862. The smallest absolute Gasteiger partial charge is 0.345 e. The topological polar surface area (TPSA) is 57.6 Å². The second-order valence-electron chi connectivity index (χ2n) is 7.72. The van der Waals surface area contributed by atoms with Gasteiger partial charge in [0.05, 0.1) is 0 Å². The highest BCUT2D eigenvalue weighted by Crippen LogP contribution is 2.32. The Morgan fingerprint density at radius 3 is 2.57 bits per heavy atom. The van der Waals surface area contributed by atoms with Crippen LogP contribution in [0.1, 0.15) is 78.4 Å². The summed E-state index contributed by atoms with van der Waals surface area (Å²) in [6.45, 7) is 4.48. The molecule has 1 fully saturated rings. The summed E-state index contributed by atoms with van der Waals surface area (Å²) in [5.74, 6) is -0.112. The Balaban J connectivity index is 1.53. The molecule has 2 atom stereocenters. The Labute approximate surface area is 171 Å². The van der Waals surface area contributed by atoms with Crippen LogP contribution in [-0.2, 0) is 11.2 Å². The fourth-order valence-electron chi connectivity index (χ4n) is 3.85. The maximum absolute atomic E-state index is 12.2. The quantitative estimate of drug-likeness (QED) is 0.508. The zero-order valence-electron chi connectivity index (χ0n) is 16.7. The van der Waals surface area contributed by atoms with Crippen LogP contribution in [0.5, 0.6) is 0 Å². The largest absolute Gasteiger partial charge is 0.477 e. The van der Waals surface area contributed by atoms with Crippen LogP contribution in [0.3, 0.4) is 0 Å². The van der Waals surface area contributed by atoms with E-state index in [1.165, 1.54) is 36.2 Å². The van der Waals surface area contributed by atoms with E-state index in [9.17, 15) is 9.59 Å². The van der Waals surface area contributed by atoms with Crippen molar-refractivity contribution in [3.63, 3.8) is 0 Å². The van der Waals surface area contributed by atoms with Crippen LogP contribution < -0.4 is 4.90 Å². The molecular formula is C23H29NO3S. The molecule has 1 aliphatic heterocycles. The molecule has 4 nitrogen and oxygen atoms in total. The number of amides is 1. The van der Waals surface area contributed by atoms with E-state index < -0.39 is 5.97 Å². The molecule has 1 N–H and O–H groups in total. The fourth-order valence-corrected chi connectivity index (χ4v) is 4.74. The first-order chi connectivity index (χ1) is 13.5. The number of thiophene rings is 1. The van der Waals surface area contributed by atoms with Crippen LogP contribution in [-0.4, -0.2) is 23.0 Å². The highest BCUT2D eigenvalue weighted by atomic mass is 32.1. The number of hydrogen-bond acceptors (Lipinski definition) is 3. The molecule has 28 heavy (non-hydrogen) atoms. The number of nitrogens with zero attached hydrogens (tertiary/aromatic N) is 1. The lowest BCUT2D eigenvalue weighted by Crippen LogP contribution is -2.52. The molecule has 1 amide bonds. The van der Waals surface area contributed by atoms with Crippen molar-refractivity contribution in [2.24, 2.45) is 0 Å². The highest BCUT2D eigenvalue weighted by Gasteiger charge is 2.36. The van der Waals surface area contributed by atoms with Crippen LogP contribution in [0.15, 0.2) is 36.4 Å². The van der Waals surface area contributed by atoms with E-state index in [2.05, 4.69) is 38.1 Å². The average Bonchev–Trinajstić information content (AvgIpc) is 3.15. The number of unbranched alkanes of at least 4 members (excludes halogenated alkanes) is 1. The van der Waals surface area contributed by atoms with Gasteiger partial charge in [-0.25, -0.2) is 4.79 Å². The molecule has 2 heterocycles. The predicted molar refractivity (Wildman–Crippen MR) is 114 cm³/mol. The summed E-state index contributed by atoms with van der Waals surface area (Å²) in [4.78, 5) is 26.6. The minimum absolute atomic E-state index is 0.195. The van der Waals surface area contributed by atoms with Gasteiger partial charge in [0.25, 0.3) is 0 Å². The van der Waals surface area contributed by atoms with Crippen molar-refractivity contribution in [3.05, 3.63) is 51.7 Å². The molecule has 1 aliphatic rings. The Morgan fingerprint density at radius 1 is 1.21 bits per heavy atom. The Bertz CT molecular complexity index is 812. The van der Waals surface area contributed by atoms with Gasteiger partial charge < -0.3 is 10.0 Å². The second-order valence-corrected chi connectivity index (χ2v) is 8.89. The van der Waals surface area contributed by atoms with Crippen LogP contribution in [0.25, 0.3) is 0 Å². The number of carboxylic acid groups (broad SMARTS) is 1. The summed E-state index contributed by atoms with van der Waals surface area (Å²) in [7, 11) is 0. The van der Waals surface area contributed by atoms with Crippen molar-refractivity contribution < 1.29 is 14.7 Å². The van der Waals surface area contributed by atoms with Crippen molar-refractivity contribution in [2.45, 2.75) is 70.8 Å². The first kappa shape index (κ1) is 20.6. The van der Waals surface area contributed by atoms with E-state index >= 15 is 0 Å². The van der Waals surface area contributed by atoms with Gasteiger partial charge in [-0.3, -0.25) is 4.79 Å². The molecule has 1 aromatic heterocycles. The fraction of sp³-hybridized carbons (Fsp3) is 0.478. The van der Waals surface area contributed by atoms with E-state index in [0.29, 0.717) is 17.2 Å². The van der Waals surface area contributed by atoms with E-state index in [0.717, 1.165) is 29.8 Å². The molecule has 3 rings (SSSR count). The molecule has 2 aromatic rings. The van der Waals surface area contributed by atoms with Crippen molar-refractivity contribution in [1.29, 1.82) is 0 Å². The number of carboxylic acids is 1. The number of aryl methyl sites for hydroxylation is 1. The number of hydrogen-bond donors (Lipinski definition) is 1. The lowest BCUT2D eigenvalue weighted by atomic mass is 9.93. The van der Waals surface area contributed by atoms with Crippen molar-refractivity contribution in [2.75, 3.05) is 4.90 Å². The van der Waals surface area contributed by atoms with Gasteiger partial charge in [0, 0.05) is 23.0 Å². The zero-order chi connectivity index (χ0) is 20.1. The van der Waals surface area contributed by atoms with E-state index in [4.69, 9.17) is 5.11 Å². The normalized spacial score (nSPS) is 17.4. The Morgan fingerprint density at radius 2 is 1.96 bits per heavy atom. The summed E-state index contributed by atoms with van der Waals surface area (Å²) >= 11 is 1.35. The molecule has 0 aliphatic carbocycles. The summed E-state index contributed by atoms with van der Waals surface area (Å²) in [5.41, 5.74) is 2.34. The van der Waals surface area contributed by atoms with Crippen LogP contribution in [0, 0.1) is 0 Å². The summed E-state index contributed by atoms with van der Waals surface area (Å²) in [5, 5.41) is 9.01. The zero-order valence-corrected chi connectivity index (χ0v) is 17.5. The SMILES string of the molecule is CCCCC(C)c1ccc(N2C(=O)C[C@@H]2CCCc2ccc(C(=O)O)s2)cc1. The summed E-state index contributed by atoms with van der Waals surface area (Å²) in [6.07, 6.45) is 7.04. The molecule has 1 saturated heterocycles. The van der Waals surface area contributed by atoms with Gasteiger partial charge in [-0.2, -0.15) is 0 Å². The maximum Gasteiger partial charge on any atom is 0.345 e. The van der Waals surface area contributed by atoms with Gasteiger partial charge in [0.1, 0.15) is 4.88 Å². The molecule has 150 valence electrons. The number of β-lactam (4-membered cyclic amide) rings is 1. The van der Waals surface area contributed by atoms with Gasteiger partial charge in [0.2, 0.25) is 5.91 Å². The summed E-state index contributed by atoms with van der Waals surface area (Å²) < 4.78 is 0. The molecule has 0 radical (unpaired) electrons. The second kappa shape index (κ2) is 9.37. The lowest BCUT2D eigenvalue weighted by molar-refractivity contribution is -0.124. The minimum Gasteiger partial charge on any atom is -0.477 e. The van der Waals surface area contributed by atoms with E-state index in [-0.39, 0.29) is 11.9 Å². The lowest BCUT2D eigenvalue weighted by Gasteiger charge is -2.40. The highest BCUT2D eigenvalue weighted by molar-refractivity contribution is 7.13. The molecule has 1 aromatic carbocycles. The first-order valence-electron chi connectivity index (χ1n) is 10.2. The summed E-state index contributed by atoms with van der Waals surface area (Å²) in [6, 6.07) is 12.3. The number of benzene rings is 1. The van der Waals surface area contributed by atoms with Gasteiger partial charge in [-0.1, -0.05) is 38.8 Å². The van der Waals surface area contributed by atoms with Gasteiger partial charge in [0.15, 0.2) is 0 Å². The van der Waals surface area contributed by atoms with Crippen LogP contribution in [0.2, 0.25) is 0 Å². The standard InChI is InChI=1S/C23H29NO3S/c1-3-4-6-16(2)17-9-11-18(12-10-17)24-19(15-22(24)25)7-5-8-20-13-14-21(28-20)23(26)27/h9-14,16,19H,3-8,15H2,1-2H3,(H,26,27)/t16?,19-/m0/s1. The first-order valence-corrected chi connectivity index (χ1v) is 11.0. The molecule has 1 unspecified atom stereocenters. The Hall–Kier alpha value is -2.14. The predicted octanol–water partition coefficient (Wildman–Crippen LogP) is 5.87. The third-order valence-corrected chi connectivity index (χ3v) is 6.74. The van der Waals surface area contributed by atoms with Gasteiger partial charge in [-0.05, 0) is 61.4 Å². The molecular weight excluding hydrogens is 370 g/mol. The van der Waals surface area contributed by atoms with Crippen molar-refractivity contribution in [1.82, 2.24) is 0 Å². The monoisotopic (exact) mass is 399 g/mol. The van der Waals surface area contributed by atoms with Gasteiger partial charge in [-0.15, -0.1) is 11.3 Å². The number of carbonyl (C=O) groups is 2. The number of rotatable bonds is 10.